The molecule has 0 aliphatic rings. The van der Waals surface area contributed by atoms with Gasteiger partial charge >= 0.3 is 0 Å². The van der Waals surface area contributed by atoms with Crippen LogP contribution in [0.5, 0.6) is 5.75 Å². The fraction of sp³-hybridized carbons (Fsp3) is 0.250. The average Bonchev–Trinajstić information content (AvgIpc) is 2.38. The van der Waals surface area contributed by atoms with Crippen molar-refractivity contribution >= 4 is 21.6 Å². The van der Waals surface area contributed by atoms with E-state index in [4.69, 9.17) is 4.74 Å². The van der Waals surface area contributed by atoms with Crippen molar-refractivity contribution in [2.24, 2.45) is 0 Å². The molecule has 0 aliphatic heterocycles. The Kier molecular flexibility index (Phi) is 4.48. The minimum Gasteiger partial charge on any atom is -0.496 e. The molecule has 0 heterocycles. The predicted octanol–water partition coefficient (Wildman–Crippen LogP) is 4.69. The van der Waals surface area contributed by atoms with Crippen LogP contribution in [0.4, 0.5) is 5.69 Å². The van der Waals surface area contributed by atoms with Gasteiger partial charge in [-0.15, -0.1) is 0 Å². The van der Waals surface area contributed by atoms with E-state index in [1.807, 2.05) is 6.07 Å². The highest BCUT2D eigenvalue weighted by atomic mass is 79.9. The van der Waals surface area contributed by atoms with Crippen LogP contribution in [0.15, 0.2) is 40.9 Å². The lowest BCUT2D eigenvalue weighted by molar-refractivity contribution is 0.410. The zero-order valence-corrected chi connectivity index (χ0v) is 13.0. The monoisotopic (exact) mass is 319 g/mol. The first-order valence-electron chi connectivity index (χ1n) is 6.23. The van der Waals surface area contributed by atoms with Gasteiger partial charge in [0.05, 0.1) is 7.11 Å². The van der Waals surface area contributed by atoms with Crippen LogP contribution < -0.4 is 10.1 Å². The smallest absolute Gasteiger partial charge is 0.123 e. The second kappa shape index (κ2) is 6.11. The maximum absolute atomic E-state index is 5.39. The molecule has 0 amide bonds. The Morgan fingerprint density at radius 2 is 1.74 bits per heavy atom. The van der Waals surface area contributed by atoms with E-state index >= 15 is 0 Å². The SMILES string of the molecule is COc1ccc(C)cc1CNc1ccc(C)cc1Br. The number of halogens is 1. The van der Waals surface area contributed by atoms with Crippen LogP contribution in [-0.2, 0) is 6.54 Å². The summed E-state index contributed by atoms with van der Waals surface area (Å²) in [4.78, 5) is 0. The third-order valence-corrected chi connectivity index (χ3v) is 3.69. The second-order valence-electron chi connectivity index (χ2n) is 4.65. The van der Waals surface area contributed by atoms with Crippen molar-refractivity contribution in [1.82, 2.24) is 0 Å². The van der Waals surface area contributed by atoms with E-state index in [1.165, 1.54) is 11.1 Å². The number of nitrogens with one attached hydrogen (secondary N) is 1. The lowest BCUT2D eigenvalue weighted by Crippen LogP contribution is -2.02. The van der Waals surface area contributed by atoms with Crippen molar-refractivity contribution < 1.29 is 4.74 Å². The normalized spacial score (nSPS) is 10.3. The van der Waals surface area contributed by atoms with Crippen LogP contribution in [0, 0.1) is 13.8 Å². The molecule has 0 radical (unpaired) electrons. The molecule has 2 aromatic carbocycles. The van der Waals surface area contributed by atoms with Crippen LogP contribution >= 0.6 is 15.9 Å². The molecule has 0 aliphatic carbocycles. The Balaban J connectivity index is 2.16. The molecular formula is C16H18BrNO. The van der Waals surface area contributed by atoms with Gasteiger partial charge in [-0.3, -0.25) is 0 Å². The molecule has 0 unspecified atom stereocenters. The molecule has 100 valence electrons. The Hall–Kier alpha value is -1.48. The van der Waals surface area contributed by atoms with E-state index < -0.39 is 0 Å². The summed E-state index contributed by atoms with van der Waals surface area (Å²) in [6.45, 7) is 4.91. The highest BCUT2D eigenvalue weighted by Gasteiger charge is 2.05. The Morgan fingerprint density at radius 3 is 2.42 bits per heavy atom. The summed E-state index contributed by atoms with van der Waals surface area (Å²) in [5.41, 5.74) is 4.73. The van der Waals surface area contributed by atoms with Gasteiger partial charge in [0.2, 0.25) is 0 Å². The van der Waals surface area contributed by atoms with Crippen molar-refractivity contribution in [2.45, 2.75) is 20.4 Å². The number of aryl methyl sites for hydroxylation is 2. The van der Waals surface area contributed by atoms with Gasteiger partial charge in [-0.1, -0.05) is 23.8 Å². The lowest BCUT2D eigenvalue weighted by atomic mass is 10.1. The summed E-state index contributed by atoms with van der Waals surface area (Å²) >= 11 is 3.58. The highest BCUT2D eigenvalue weighted by molar-refractivity contribution is 9.10. The molecule has 2 aromatic rings. The molecule has 0 saturated heterocycles. The molecule has 0 bridgehead atoms. The van der Waals surface area contributed by atoms with Gasteiger partial charge < -0.3 is 10.1 Å². The quantitative estimate of drug-likeness (QED) is 0.883. The highest BCUT2D eigenvalue weighted by Crippen LogP contribution is 2.26. The van der Waals surface area contributed by atoms with Gasteiger partial charge in [-0.25, -0.2) is 0 Å². The van der Waals surface area contributed by atoms with Crippen LogP contribution in [0.25, 0.3) is 0 Å². The van der Waals surface area contributed by atoms with Gasteiger partial charge in [0.15, 0.2) is 0 Å². The van der Waals surface area contributed by atoms with Crippen molar-refractivity contribution in [1.29, 1.82) is 0 Å². The van der Waals surface area contributed by atoms with Crippen LogP contribution in [0.2, 0.25) is 0 Å². The number of methoxy groups -OCH3 is 1. The first-order chi connectivity index (χ1) is 9.10. The fourth-order valence-corrected chi connectivity index (χ4v) is 2.63. The summed E-state index contributed by atoms with van der Waals surface area (Å²) in [6, 6.07) is 12.5. The van der Waals surface area contributed by atoms with E-state index in [1.54, 1.807) is 7.11 Å². The van der Waals surface area contributed by atoms with Crippen LogP contribution in [-0.4, -0.2) is 7.11 Å². The van der Waals surface area contributed by atoms with E-state index in [2.05, 4.69) is 65.4 Å². The number of anilines is 1. The number of hydrogen-bond acceptors (Lipinski definition) is 2. The summed E-state index contributed by atoms with van der Waals surface area (Å²) in [5, 5.41) is 3.43. The molecular weight excluding hydrogens is 302 g/mol. The number of hydrogen-bond donors (Lipinski definition) is 1. The van der Waals surface area contributed by atoms with Gasteiger partial charge in [-0.05, 0) is 53.5 Å². The largest absolute Gasteiger partial charge is 0.496 e. The number of rotatable bonds is 4. The molecule has 2 nitrogen and oxygen atoms in total. The van der Waals surface area contributed by atoms with Gasteiger partial charge in [0.25, 0.3) is 0 Å². The van der Waals surface area contributed by atoms with Gasteiger partial charge in [0.1, 0.15) is 5.75 Å². The Morgan fingerprint density at radius 1 is 1.05 bits per heavy atom. The van der Waals surface area contributed by atoms with E-state index in [9.17, 15) is 0 Å². The zero-order valence-electron chi connectivity index (χ0n) is 11.5. The minimum absolute atomic E-state index is 0.743. The molecule has 0 atom stereocenters. The van der Waals surface area contributed by atoms with E-state index in [0.29, 0.717) is 0 Å². The molecule has 2 rings (SSSR count). The molecule has 1 N–H and O–H groups in total. The van der Waals surface area contributed by atoms with Crippen molar-refractivity contribution in [3.8, 4) is 5.75 Å². The average molecular weight is 320 g/mol. The van der Waals surface area contributed by atoms with Gasteiger partial charge in [0, 0.05) is 22.3 Å². The maximum atomic E-state index is 5.39. The second-order valence-corrected chi connectivity index (χ2v) is 5.51. The fourth-order valence-electron chi connectivity index (χ4n) is 2.00. The zero-order chi connectivity index (χ0) is 13.8. The number of ether oxygens (including phenoxy) is 1. The summed E-state index contributed by atoms with van der Waals surface area (Å²) in [6.07, 6.45) is 0. The van der Waals surface area contributed by atoms with E-state index in [0.717, 1.165) is 28.0 Å². The predicted molar refractivity (Wildman–Crippen MR) is 83.9 cm³/mol. The summed E-state index contributed by atoms with van der Waals surface area (Å²) < 4.78 is 6.47. The Bertz CT molecular complexity index is 581. The molecule has 0 saturated carbocycles. The number of benzene rings is 2. The molecule has 0 fully saturated rings. The molecule has 0 aromatic heterocycles. The molecule has 19 heavy (non-hydrogen) atoms. The standard InChI is InChI=1S/C16H18BrNO/c1-11-5-7-16(19-3)13(8-11)10-18-15-6-4-12(2)9-14(15)17/h4-9,18H,10H2,1-3H3. The summed E-state index contributed by atoms with van der Waals surface area (Å²) in [5.74, 6) is 0.918. The van der Waals surface area contributed by atoms with Crippen molar-refractivity contribution in [3.05, 3.63) is 57.6 Å². The van der Waals surface area contributed by atoms with Crippen molar-refractivity contribution in [3.63, 3.8) is 0 Å². The summed E-state index contributed by atoms with van der Waals surface area (Å²) in [7, 11) is 1.70. The topological polar surface area (TPSA) is 21.3 Å². The van der Waals surface area contributed by atoms with Crippen LogP contribution in [0.3, 0.4) is 0 Å². The van der Waals surface area contributed by atoms with Crippen LogP contribution in [0.1, 0.15) is 16.7 Å². The maximum Gasteiger partial charge on any atom is 0.123 e. The third kappa shape index (κ3) is 3.51. The minimum atomic E-state index is 0.743. The molecule has 0 spiro atoms. The van der Waals surface area contributed by atoms with Crippen molar-refractivity contribution in [2.75, 3.05) is 12.4 Å². The van der Waals surface area contributed by atoms with E-state index in [-0.39, 0.29) is 0 Å². The first-order valence-corrected chi connectivity index (χ1v) is 7.03. The lowest BCUT2D eigenvalue weighted by Gasteiger charge is -2.13. The molecule has 3 heteroatoms. The Labute approximate surface area is 122 Å². The van der Waals surface area contributed by atoms with Gasteiger partial charge in [-0.2, -0.15) is 0 Å². The third-order valence-electron chi connectivity index (χ3n) is 3.03. The first kappa shape index (κ1) is 13.9.